The lowest BCUT2D eigenvalue weighted by Gasteiger charge is -2.13. The van der Waals surface area contributed by atoms with Gasteiger partial charge < -0.3 is 14.8 Å². The predicted octanol–water partition coefficient (Wildman–Crippen LogP) is 3.24. The van der Waals surface area contributed by atoms with E-state index in [0.29, 0.717) is 6.54 Å². The molecule has 2 N–H and O–H groups in total. The highest BCUT2D eigenvalue weighted by Gasteiger charge is 2.05. The summed E-state index contributed by atoms with van der Waals surface area (Å²) in [7, 11) is 0. The second kappa shape index (κ2) is 6.38. The molecule has 0 bridgehead atoms. The molecule has 0 saturated heterocycles. The number of phenolic OH excluding ortho intramolecular Hbond substituents is 1. The molecule has 0 fully saturated rings. The summed E-state index contributed by atoms with van der Waals surface area (Å²) >= 11 is 0. The lowest BCUT2D eigenvalue weighted by molar-refractivity contribution is 0.455. The summed E-state index contributed by atoms with van der Waals surface area (Å²) in [6.07, 6.45) is 3.48. The molecule has 102 valence electrons. The van der Waals surface area contributed by atoms with Crippen molar-refractivity contribution in [3.8, 4) is 5.75 Å². The summed E-state index contributed by atoms with van der Waals surface area (Å²) in [6.45, 7) is 2.60. The fourth-order valence-corrected chi connectivity index (χ4v) is 1.94. The summed E-state index contributed by atoms with van der Waals surface area (Å²) in [6, 6.07) is 8.21. The second-order valence-corrected chi connectivity index (χ2v) is 4.72. The molecule has 19 heavy (non-hydrogen) atoms. The van der Waals surface area contributed by atoms with E-state index in [0.717, 1.165) is 30.2 Å². The zero-order valence-corrected chi connectivity index (χ0v) is 10.9. The molecule has 1 atom stereocenters. The minimum Gasteiger partial charge on any atom is -0.508 e. The van der Waals surface area contributed by atoms with E-state index in [2.05, 4.69) is 12.2 Å². The van der Waals surface area contributed by atoms with Crippen LogP contribution in [0, 0.1) is 5.82 Å². The molecule has 0 aliphatic rings. The van der Waals surface area contributed by atoms with Gasteiger partial charge >= 0.3 is 0 Å². The molecule has 0 radical (unpaired) electrons. The van der Waals surface area contributed by atoms with Gasteiger partial charge in [0.1, 0.15) is 17.3 Å². The molecule has 0 saturated carbocycles. The van der Waals surface area contributed by atoms with Crippen molar-refractivity contribution in [1.29, 1.82) is 0 Å². The Morgan fingerprint density at radius 3 is 2.89 bits per heavy atom. The van der Waals surface area contributed by atoms with Crippen molar-refractivity contribution in [2.75, 3.05) is 0 Å². The molecule has 1 aromatic carbocycles. The van der Waals surface area contributed by atoms with Crippen molar-refractivity contribution >= 4 is 0 Å². The summed E-state index contributed by atoms with van der Waals surface area (Å²) in [5, 5.41) is 12.6. The van der Waals surface area contributed by atoms with Crippen molar-refractivity contribution in [2.24, 2.45) is 0 Å². The standard InChI is InChI=1S/C15H18FNO2/c1-11(4-5-15-3-2-6-19-15)17-10-12-7-13(16)9-14(18)8-12/h2-3,6-9,11,17-18H,4-5,10H2,1H3. The highest BCUT2D eigenvalue weighted by atomic mass is 19.1. The minimum atomic E-state index is -0.417. The fourth-order valence-electron chi connectivity index (χ4n) is 1.94. The lowest BCUT2D eigenvalue weighted by Crippen LogP contribution is -2.25. The zero-order valence-electron chi connectivity index (χ0n) is 10.9. The molecule has 3 nitrogen and oxygen atoms in total. The first-order chi connectivity index (χ1) is 9.13. The molecule has 4 heteroatoms. The number of aromatic hydroxyl groups is 1. The number of benzene rings is 1. The molecule has 0 aliphatic heterocycles. The Kier molecular flexibility index (Phi) is 4.58. The fraction of sp³-hybridized carbons (Fsp3) is 0.333. The van der Waals surface area contributed by atoms with E-state index in [1.807, 2.05) is 12.1 Å². The van der Waals surface area contributed by atoms with Crippen molar-refractivity contribution in [1.82, 2.24) is 5.32 Å². The average Bonchev–Trinajstić information content (AvgIpc) is 2.86. The summed E-state index contributed by atoms with van der Waals surface area (Å²) in [5.41, 5.74) is 0.738. The Balaban J connectivity index is 1.78. The third-order valence-electron chi connectivity index (χ3n) is 3.00. The molecular formula is C15H18FNO2. The van der Waals surface area contributed by atoms with Gasteiger partial charge in [0.25, 0.3) is 0 Å². The molecule has 1 heterocycles. The third-order valence-corrected chi connectivity index (χ3v) is 3.00. The van der Waals surface area contributed by atoms with Crippen molar-refractivity contribution in [2.45, 2.75) is 32.4 Å². The van der Waals surface area contributed by atoms with Gasteiger partial charge in [-0.15, -0.1) is 0 Å². The number of halogens is 1. The van der Waals surface area contributed by atoms with Crippen molar-refractivity contribution in [3.05, 3.63) is 53.7 Å². The lowest BCUT2D eigenvalue weighted by atomic mass is 10.1. The number of rotatable bonds is 6. The highest BCUT2D eigenvalue weighted by molar-refractivity contribution is 5.28. The molecule has 2 aromatic rings. The van der Waals surface area contributed by atoms with Gasteiger partial charge in [-0.1, -0.05) is 0 Å². The van der Waals surface area contributed by atoms with Gasteiger partial charge in [0.05, 0.1) is 6.26 Å². The summed E-state index contributed by atoms with van der Waals surface area (Å²) in [4.78, 5) is 0. The van der Waals surface area contributed by atoms with Crippen LogP contribution in [0.2, 0.25) is 0 Å². The Morgan fingerprint density at radius 2 is 2.21 bits per heavy atom. The molecule has 2 rings (SSSR count). The first-order valence-corrected chi connectivity index (χ1v) is 6.37. The minimum absolute atomic E-state index is 0.0416. The predicted molar refractivity (Wildman–Crippen MR) is 71.4 cm³/mol. The number of hydrogen-bond donors (Lipinski definition) is 2. The van der Waals surface area contributed by atoms with Crippen LogP contribution in [0.5, 0.6) is 5.75 Å². The quantitative estimate of drug-likeness (QED) is 0.841. The van der Waals surface area contributed by atoms with Crippen molar-refractivity contribution in [3.63, 3.8) is 0 Å². The van der Waals surface area contributed by atoms with Gasteiger partial charge in [-0.2, -0.15) is 0 Å². The number of hydrogen-bond acceptors (Lipinski definition) is 3. The van der Waals surface area contributed by atoms with Crippen LogP contribution in [-0.4, -0.2) is 11.1 Å². The largest absolute Gasteiger partial charge is 0.508 e. The smallest absolute Gasteiger partial charge is 0.127 e. The average molecular weight is 263 g/mol. The first kappa shape index (κ1) is 13.6. The molecular weight excluding hydrogens is 245 g/mol. The number of furan rings is 1. The maximum Gasteiger partial charge on any atom is 0.127 e. The van der Waals surface area contributed by atoms with E-state index in [-0.39, 0.29) is 11.8 Å². The highest BCUT2D eigenvalue weighted by Crippen LogP contribution is 2.14. The van der Waals surface area contributed by atoms with Crippen LogP contribution in [0.25, 0.3) is 0 Å². The third kappa shape index (κ3) is 4.41. The van der Waals surface area contributed by atoms with E-state index >= 15 is 0 Å². The maximum atomic E-state index is 13.1. The summed E-state index contributed by atoms with van der Waals surface area (Å²) < 4.78 is 18.4. The van der Waals surface area contributed by atoms with Crippen LogP contribution in [0.15, 0.2) is 41.0 Å². The van der Waals surface area contributed by atoms with Crippen molar-refractivity contribution < 1.29 is 13.9 Å². The Bertz CT molecular complexity index is 491. The normalized spacial score (nSPS) is 12.5. The van der Waals surface area contributed by atoms with E-state index in [9.17, 15) is 9.50 Å². The van der Waals surface area contributed by atoms with Gasteiger partial charge in [-0.3, -0.25) is 0 Å². The van der Waals surface area contributed by atoms with E-state index < -0.39 is 5.82 Å². The molecule has 1 unspecified atom stereocenters. The number of nitrogens with one attached hydrogen (secondary N) is 1. The maximum absolute atomic E-state index is 13.1. The number of phenols is 1. The van der Waals surface area contributed by atoms with Gasteiger partial charge in [-0.05, 0) is 43.2 Å². The summed E-state index contributed by atoms with van der Waals surface area (Å²) in [5.74, 6) is 0.511. The van der Waals surface area contributed by atoms with Crippen LogP contribution in [0.3, 0.4) is 0 Å². The monoisotopic (exact) mass is 263 g/mol. The topological polar surface area (TPSA) is 45.4 Å². The van der Waals surface area contributed by atoms with Crippen LogP contribution >= 0.6 is 0 Å². The van der Waals surface area contributed by atoms with Gasteiger partial charge in [0.2, 0.25) is 0 Å². The molecule has 0 spiro atoms. The van der Waals surface area contributed by atoms with E-state index in [1.54, 1.807) is 12.3 Å². The number of aryl methyl sites for hydroxylation is 1. The van der Waals surface area contributed by atoms with E-state index in [4.69, 9.17) is 4.42 Å². The first-order valence-electron chi connectivity index (χ1n) is 6.37. The van der Waals surface area contributed by atoms with Crippen LogP contribution in [-0.2, 0) is 13.0 Å². The Hall–Kier alpha value is -1.81. The van der Waals surface area contributed by atoms with Gasteiger partial charge in [0.15, 0.2) is 0 Å². The van der Waals surface area contributed by atoms with Crippen LogP contribution in [0.4, 0.5) is 4.39 Å². The molecule has 1 aromatic heterocycles. The Labute approximate surface area is 112 Å². The van der Waals surface area contributed by atoms with E-state index in [1.165, 1.54) is 6.07 Å². The zero-order chi connectivity index (χ0) is 13.7. The second-order valence-electron chi connectivity index (χ2n) is 4.72. The van der Waals surface area contributed by atoms with Gasteiger partial charge in [0, 0.05) is 25.1 Å². The SMILES string of the molecule is CC(CCc1ccco1)NCc1cc(O)cc(F)c1. The molecule has 0 amide bonds. The van der Waals surface area contributed by atoms with Crippen LogP contribution in [0.1, 0.15) is 24.7 Å². The van der Waals surface area contributed by atoms with Gasteiger partial charge in [-0.25, -0.2) is 4.39 Å². The molecule has 0 aliphatic carbocycles. The van der Waals surface area contributed by atoms with Crippen LogP contribution < -0.4 is 5.32 Å². The Morgan fingerprint density at radius 1 is 1.37 bits per heavy atom.